The van der Waals surface area contributed by atoms with E-state index in [2.05, 4.69) is 31.2 Å². The molecular formula is C43H56ClN5O9S. The molecule has 7 rings (SSSR count). The third kappa shape index (κ3) is 9.66. The Morgan fingerprint density at radius 3 is 2.64 bits per heavy atom. The molecule has 16 heteroatoms. The molecule has 1 spiro atoms. The number of methoxy groups -OCH3 is 3. The van der Waals surface area contributed by atoms with Crippen LogP contribution in [0.4, 0.5) is 5.69 Å². The Kier molecular flexibility index (Phi) is 13.7. The van der Waals surface area contributed by atoms with Crippen LogP contribution < -0.4 is 19.1 Å². The summed E-state index contributed by atoms with van der Waals surface area (Å²) in [4.78, 5) is 30.5. The molecule has 14 nitrogen and oxygen atoms in total. The molecule has 2 bridgehead atoms. The van der Waals surface area contributed by atoms with Gasteiger partial charge in [0, 0.05) is 62.5 Å². The van der Waals surface area contributed by atoms with Crippen LogP contribution in [0.2, 0.25) is 5.02 Å². The van der Waals surface area contributed by atoms with E-state index >= 15 is 4.21 Å². The van der Waals surface area contributed by atoms with Crippen molar-refractivity contribution < 1.29 is 42.2 Å². The average Bonchev–Trinajstić information content (AvgIpc) is 3.52. The first-order valence-electron chi connectivity index (χ1n) is 20.3. The molecule has 0 unspecified atom stereocenters. The van der Waals surface area contributed by atoms with Gasteiger partial charge in [0.1, 0.15) is 21.2 Å². The van der Waals surface area contributed by atoms with E-state index in [0.29, 0.717) is 51.2 Å². The zero-order valence-corrected chi connectivity index (χ0v) is 36.1. The second-order valence-corrected chi connectivity index (χ2v) is 18.6. The molecule has 1 fully saturated rings. The lowest BCUT2D eigenvalue weighted by Crippen LogP contribution is -2.49. The number of fused-ring (bicyclic) bond motifs is 4. The lowest BCUT2D eigenvalue weighted by Gasteiger charge is -2.46. The Morgan fingerprint density at radius 1 is 1.07 bits per heavy atom. The van der Waals surface area contributed by atoms with E-state index in [0.717, 1.165) is 42.8 Å². The van der Waals surface area contributed by atoms with Gasteiger partial charge < -0.3 is 33.3 Å². The quantitative estimate of drug-likeness (QED) is 0.184. The van der Waals surface area contributed by atoms with Gasteiger partial charge in [-0.3, -0.25) is 19.0 Å². The molecule has 320 valence electrons. The molecule has 2 amide bonds. The van der Waals surface area contributed by atoms with E-state index in [4.69, 9.17) is 40.0 Å². The van der Waals surface area contributed by atoms with Crippen molar-refractivity contribution in [2.24, 2.45) is 29.2 Å². The van der Waals surface area contributed by atoms with Gasteiger partial charge >= 0.3 is 0 Å². The van der Waals surface area contributed by atoms with E-state index in [1.165, 1.54) is 29.1 Å². The fourth-order valence-corrected chi connectivity index (χ4v) is 11.1. The number of amides is 2. The lowest BCUT2D eigenvalue weighted by atomic mass is 9.68. The number of nitrogens with zero attached hydrogens (tertiary/aromatic N) is 4. The molecule has 59 heavy (non-hydrogen) atoms. The molecule has 2 aliphatic carbocycles. The second kappa shape index (κ2) is 18.7. The molecule has 0 radical (unpaired) electrons. The number of benzene rings is 2. The Balaban J connectivity index is 1.30. The third-order valence-electron chi connectivity index (χ3n) is 12.1. The normalized spacial score (nSPS) is 28.6. The van der Waals surface area contributed by atoms with Crippen molar-refractivity contribution in [3.63, 3.8) is 0 Å². The number of ether oxygens (including phenoxy) is 6. The van der Waals surface area contributed by atoms with Crippen LogP contribution in [0.3, 0.4) is 0 Å². The fraction of sp³-hybridized carbons (Fsp3) is 0.558. The van der Waals surface area contributed by atoms with Gasteiger partial charge in [0.05, 0.1) is 63.8 Å². The van der Waals surface area contributed by atoms with E-state index in [9.17, 15) is 9.59 Å². The first-order valence-corrected chi connectivity index (χ1v) is 22.4. The van der Waals surface area contributed by atoms with Gasteiger partial charge in [0.2, 0.25) is 5.88 Å². The number of rotatable bonds is 11. The number of hydrogen-bond acceptors (Lipinski definition) is 11. The van der Waals surface area contributed by atoms with E-state index in [-0.39, 0.29) is 46.8 Å². The summed E-state index contributed by atoms with van der Waals surface area (Å²) in [6.07, 6.45) is 9.54. The number of aromatic nitrogens is 2. The standard InChI is InChI=1S/C43H56ClN5O9S/c1-28-25-59(52,47-41(51)34-24-48(2)45-42(34)55-5)46-40(50)30-9-13-39-36(22-30)49(26-43(27-58-39)16-6-7-29-21-32(44)10-12-35(29)43)23-31-8-11-33(31)38(54-4)15-14-37(28)57-20-19-56-18-17-53-3/h9-10,12-15,21-22,24,28,31,33,37-38H,6-8,11,16-20,23,25-27H2,1-5H3,(H,46,47,50,51,52)/b15-14+/t28-,31+,33-,37+,38+,43+,59+/m1/s1. The Bertz CT molecular complexity index is 2150. The van der Waals surface area contributed by atoms with Crippen LogP contribution >= 0.6 is 11.6 Å². The average molecular weight is 854 g/mol. The van der Waals surface area contributed by atoms with Crippen LogP contribution in [0.25, 0.3) is 0 Å². The number of hydrogen-bond donors (Lipinski definition) is 1. The highest BCUT2D eigenvalue weighted by Crippen LogP contribution is 2.47. The van der Waals surface area contributed by atoms with Gasteiger partial charge in [-0.2, -0.15) is 0 Å². The van der Waals surface area contributed by atoms with Gasteiger partial charge in [-0.1, -0.05) is 36.7 Å². The highest BCUT2D eigenvalue weighted by atomic mass is 35.5. The number of nitrogens with one attached hydrogen (secondary N) is 1. The molecule has 1 aromatic heterocycles. The summed E-state index contributed by atoms with van der Waals surface area (Å²) in [6.45, 7) is 5.13. The first-order chi connectivity index (χ1) is 28.4. The van der Waals surface area contributed by atoms with E-state index in [1.54, 1.807) is 39.5 Å². The highest BCUT2D eigenvalue weighted by molar-refractivity contribution is 7.92. The number of carbonyl (C=O) groups excluding carboxylic acids is 2. The topological polar surface area (TPSA) is 152 Å². The summed E-state index contributed by atoms with van der Waals surface area (Å²) < 4.78 is 58.8. The molecule has 1 saturated carbocycles. The summed E-state index contributed by atoms with van der Waals surface area (Å²) in [5.41, 5.74) is 3.22. The van der Waals surface area contributed by atoms with Crippen LogP contribution in [-0.4, -0.2) is 111 Å². The van der Waals surface area contributed by atoms with Crippen molar-refractivity contribution >= 4 is 39.0 Å². The first kappa shape index (κ1) is 43.1. The summed E-state index contributed by atoms with van der Waals surface area (Å²) >= 11 is 6.49. The molecule has 3 aromatic rings. The molecule has 4 aliphatic rings. The van der Waals surface area contributed by atoms with E-state index in [1.807, 2.05) is 25.1 Å². The smallest absolute Gasteiger partial charge is 0.286 e. The maximum Gasteiger partial charge on any atom is 0.286 e. The minimum absolute atomic E-state index is 0.0467. The van der Waals surface area contributed by atoms with Crippen LogP contribution in [-0.2, 0) is 47.7 Å². The zero-order valence-electron chi connectivity index (χ0n) is 34.5. The van der Waals surface area contributed by atoms with E-state index < -0.39 is 33.8 Å². The van der Waals surface area contributed by atoms with Gasteiger partial charge in [0.15, 0.2) is 0 Å². The summed E-state index contributed by atoms with van der Waals surface area (Å²) in [7, 11) is 2.58. The number of anilines is 1. The van der Waals surface area contributed by atoms with Crippen LogP contribution in [0.15, 0.2) is 59.1 Å². The minimum Gasteiger partial charge on any atom is -0.490 e. The molecule has 2 aromatic carbocycles. The Labute approximate surface area is 352 Å². The molecule has 1 N–H and O–H groups in total. The van der Waals surface area contributed by atoms with Crippen molar-refractivity contribution in [3.8, 4) is 11.6 Å². The number of aryl methyl sites for hydroxylation is 2. The largest absolute Gasteiger partial charge is 0.490 e. The fourth-order valence-electron chi connectivity index (χ4n) is 9.01. The van der Waals surface area contributed by atoms with Crippen molar-refractivity contribution in [2.45, 2.75) is 56.7 Å². The summed E-state index contributed by atoms with van der Waals surface area (Å²) in [6, 6.07) is 11.4. The Morgan fingerprint density at radius 2 is 1.88 bits per heavy atom. The van der Waals surface area contributed by atoms with Crippen molar-refractivity contribution in [1.82, 2.24) is 14.5 Å². The number of carbonyl (C=O) groups is 2. The molecular weight excluding hydrogens is 798 g/mol. The van der Waals surface area contributed by atoms with Crippen molar-refractivity contribution in [1.29, 1.82) is 0 Å². The van der Waals surface area contributed by atoms with Crippen LogP contribution in [0.5, 0.6) is 11.6 Å². The zero-order chi connectivity index (χ0) is 41.7. The van der Waals surface area contributed by atoms with Crippen molar-refractivity contribution in [3.05, 3.63) is 82.0 Å². The van der Waals surface area contributed by atoms with Gasteiger partial charge in [0.25, 0.3) is 11.8 Å². The SMILES string of the molecule is COCCOCCO[C@H]1/C=C/[C@H](OC)[C@@H]2CC[C@H]2CN2C[C@@]3(CCCc4cc(Cl)ccc43)COc3ccc(cc32)C(=O)N=[S@](=O)(NC(=O)c2cn(C)nc2OC)C[C@H]1C. The van der Waals surface area contributed by atoms with Crippen LogP contribution in [0.1, 0.15) is 64.4 Å². The Hall–Kier alpha value is -3.99. The lowest BCUT2D eigenvalue weighted by molar-refractivity contribution is -0.00683. The highest BCUT2D eigenvalue weighted by Gasteiger charge is 2.44. The second-order valence-electron chi connectivity index (χ2n) is 16.2. The minimum atomic E-state index is -3.80. The maximum absolute atomic E-state index is 15.1. The maximum atomic E-state index is 15.1. The monoisotopic (exact) mass is 853 g/mol. The molecule has 7 atom stereocenters. The predicted molar refractivity (Wildman–Crippen MR) is 225 cm³/mol. The van der Waals surface area contributed by atoms with Gasteiger partial charge in [-0.05, 0) is 85.4 Å². The summed E-state index contributed by atoms with van der Waals surface area (Å²) in [5, 5.41) is 4.90. The molecule has 0 saturated heterocycles. The number of halogens is 1. The third-order valence-corrected chi connectivity index (χ3v) is 14.3. The van der Waals surface area contributed by atoms with Gasteiger partial charge in [-0.15, -0.1) is 9.46 Å². The summed E-state index contributed by atoms with van der Waals surface area (Å²) in [5.74, 6) is -0.946. The predicted octanol–water partition coefficient (Wildman–Crippen LogP) is 5.80. The van der Waals surface area contributed by atoms with Gasteiger partial charge in [-0.25, -0.2) is 4.21 Å². The molecule has 2 aliphatic heterocycles. The molecule has 3 heterocycles. The van der Waals surface area contributed by atoms with Crippen LogP contribution in [0, 0.1) is 17.8 Å². The van der Waals surface area contributed by atoms with Crippen molar-refractivity contribution in [2.75, 3.05) is 78.1 Å².